The molecular weight excluding hydrogens is 312 g/mol. The molecule has 2 aliphatic heterocycles. The second-order valence-electron chi connectivity index (χ2n) is 4.81. The minimum absolute atomic E-state index is 0.0753. The van der Waals surface area contributed by atoms with E-state index in [0.29, 0.717) is 11.3 Å². The molecule has 0 bridgehead atoms. The van der Waals surface area contributed by atoms with Crippen molar-refractivity contribution < 1.29 is 28.7 Å². The number of hydrogen-bond acceptors (Lipinski definition) is 7. The van der Waals surface area contributed by atoms with Gasteiger partial charge >= 0.3 is 11.9 Å². The molecule has 1 N–H and O–H groups in total. The van der Waals surface area contributed by atoms with Gasteiger partial charge in [0.2, 0.25) is 5.91 Å². The SMILES string of the molecule is COC(=O)C1=C(COC(C)=O)CS[C@H]2C(NC(C)=O)C(=O)N12. The molecule has 8 nitrogen and oxygen atoms in total. The summed E-state index contributed by atoms with van der Waals surface area (Å²) in [5.41, 5.74) is 0.608. The van der Waals surface area contributed by atoms with Gasteiger partial charge in [0.1, 0.15) is 23.7 Å². The molecule has 2 rings (SSSR count). The molecule has 0 aromatic carbocycles. The molecule has 2 aliphatic rings. The molecule has 22 heavy (non-hydrogen) atoms. The number of methoxy groups -OCH3 is 1. The smallest absolute Gasteiger partial charge is 0.354 e. The fourth-order valence-corrected chi connectivity index (χ4v) is 3.61. The van der Waals surface area contributed by atoms with Crippen LogP contribution in [0.15, 0.2) is 11.3 Å². The Bertz CT molecular complexity index is 573. The Morgan fingerprint density at radius 1 is 1.36 bits per heavy atom. The summed E-state index contributed by atoms with van der Waals surface area (Å²) in [5, 5.41) is 2.20. The highest BCUT2D eigenvalue weighted by Gasteiger charge is 2.54. The fourth-order valence-electron chi connectivity index (χ4n) is 2.29. The van der Waals surface area contributed by atoms with E-state index in [-0.39, 0.29) is 29.5 Å². The molecule has 0 aliphatic carbocycles. The summed E-state index contributed by atoms with van der Waals surface area (Å²) >= 11 is 1.39. The van der Waals surface area contributed by atoms with Gasteiger partial charge in [-0.05, 0) is 0 Å². The maximum Gasteiger partial charge on any atom is 0.354 e. The summed E-state index contributed by atoms with van der Waals surface area (Å²) in [6.07, 6.45) is 0. The minimum atomic E-state index is -0.665. The number of carbonyl (C=O) groups is 4. The van der Waals surface area contributed by atoms with Crippen LogP contribution >= 0.6 is 11.8 Å². The Kier molecular flexibility index (Phi) is 4.74. The molecule has 2 amide bonds. The standard InChI is InChI=1S/C13H16N2O6S/c1-6(16)14-9-11(18)15-10(13(19)20-3)8(4-21-7(2)17)5-22-12(9)15/h9,12H,4-5H2,1-3H3,(H,14,16)/t9?,12-/m0/s1. The van der Waals surface area contributed by atoms with E-state index in [1.165, 1.54) is 37.6 Å². The van der Waals surface area contributed by atoms with E-state index in [1.54, 1.807) is 0 Å². The van der Waals surface area contributed by atoms with Crippen molar-refractivity contribution in [1.29, 1.82) is 0 Å². The summed E-state index contributed by atoms with van der Waals surface area (Å²) in [6.45, 7) is 2.51. The Morgan fingerprint density at radius 2 is 2.05 bits per heavy atom. The van der Waals surface area contributed by atoms with Crippen molar-refractivity contribution in [3.05, 3.63) is 11.3 Å². The van der Waals surface area contributed by atoms with Crippen LogP contribution in [0.1, 0.15) is 13.8 Å². The predicted octanol–water partition coefficient (Wildman–Crippen LogP) is -0.604. The van der Waals surface area contributed by atoms with Gasteiger partial charge < -0.3 is 14.8 Å². The van der Waals surface area contributed by atoms with Gasteiger partial charge in [0, 0.05) is 25.2 Å². The molecular formula is C13H16N2O6S. The third-order valence-electron chi connectivity index (χ3n) is 3.23. The molecule has 1 fully saturated rings. The van der Waals surface area contributed by atoms with Crippen molar-refractivity contribution in [2.45, 2.75) is 25.3 Å². The molecule has 2 heterocycles. The van der Waals surface area contributed by atoms with Crippen molar-refractivity contribution in [2.24, 2.45) is 0 Å². The number of thioether (sulfide) groups is 1. The topological polar surface area (TPSA) is 102 Å². The first-order valence-corrected chi connectivity index (χ1v) is 7.57. The van der Waals surface area contributed by atoms with Crippen LogP contribution in [-0.2, 0) is 28.7 Å². The zero-order chi connectivity index (χ0) is 16.4. The van der Waals surface area contributed by atoms with Gasteiger partial charge in [-0.15, -0.1) is 11.8 Å². The van der Waals surface area contributed by atoms with Gasteiger partial charge in [0.15, 0.2) is 0 Å². The number of nitrogens with zero attached hydrogens (tertiary/aromatic N) is 1. The third-order valence-corrected chi connectivity index (χ3v) is 4.57. The Hall–Kier alpha value is -2.03. The van der Waals surface area contributed by atoms with E-state index in [0.717, 1.165) is 0 Å². The molecule has 120 valence electrons. The lowest BCUT2D eigenvalue weighted by atomic mass is 10.0. The number of carbonyl (C=O) groups excluding carboxylic acids is 4. The minimum Gasteiger partial charge on any atom is -0.464 e. The number of rotatable bonds is 4. The summed E-state index contributed by atoms with van der Waals surface area (Å²) in [6, 6.07) is -0.655. The van der Waals surface area contributed by atoms with E-state index < -0.39 is 18.0 Å². The molecule has 0 radical (unpaired) electrons. The number of esters is 2. The lowest BCUT2D eigenvalue weighted by molar-refractivity contribution is -0.151. The molecule has 0 aromatic rings. The summed E-state index contributed by atoms with van der Waals surface area (Å²) < 4.78 is 9.63. The van der Waals surface area contributed by atoms with Crippen LogP contribution in [0.5, 0.6) is 0 Å². The number of fused-ring (bicyclic) bond motifs is 1. The maximum atomic E-state index is 12.2. The van der Waals surface area contributed by atoms with Gasteiger partial charge in [-0.3, -0.25) is 19.3 Å². The number of amides is 2. The van der Waals surface area contributed by atoms with Crippen LogP contribution in [0.4, 0.5) is 0 Å². The third kappa shape index (κ3) is 2.94. The molecule has 1 unspecified atom stereocenters. The Morgan fingerprint density at radius 3 is 2.59 bits per heavy atom. The van der Waals surface area contributed by atoms with E-state index in [1.807, 2.05) is 0 Å². The first-order valence-electron chi connectivity index (χ1n) is 6.52. The van der Waals surface area contributed by atoms with Gasteiger partial charge in [0.05, 0.1) is 7.11 Å². The number of hydrogen-bond donors (Lipinski definition) is 1. The maximum absolute atomic E-state index is 12.2. The highest BCUT2D eigenvalue weighted by molar-refractivity contribution is 8.00. The van der Waals surface area contributed by atoms with Gasteiger partial charge in [-0.2, -0.15) is 0 Å². The van der Waals surface area contributed by atoms with E-state index >= 15 is 0 Å². The van der Waals surface area contributed by atoms with Gasteiger partial charge in [-0.1, -0.05) is 0 Å². The lowest BCUT2D eigenvalue weighted by Gasteiger charge is -2.49. The number of nitrogens with one attached hydrogen (secondary N) is 1. The van der Waals surface area contributed by atoms with E-state index in [9.17, 15) is 19.2 Å². The molecule has 2 atom stereocenters. The average molecular weight is 328 g/mol. The summed E-state index contributed by atoms with van der Waals surface area (Å²) in [4.78, 5) is 47.5. The molecule has 0 saturated carbocycles. The van der Waals surface area contributed by atoms with Crippen LogP contribution in [0, 0.1) is 0 Å². The van der Waals surface area contributed by atoms with Crippen LogP contribution in [0.25, 0.3) is 0 Å². The lowest BCUT2D eigenvalue weighted by Crippen LogP contribution is -2.70. The largest absolute Gasteiger partial charge is 0.464 e. The Balaban J connectivity index is 2.25. The zero-order valence-corrected chi connectivity index (χ0v) is 13.2. The van der Waals surface area contributed by atoms with Gasteiger partial charge in [0.25, 0.3) is 5.91 Å². The average Bonchev–Trinajstić information content (AvgIpc) is 2.48. The quantitative estimate of drug-likeness (QED) is 0.543. The normalized spacial score (nSPS) is 23.4. The predicted molar refractivity (Wildman–Crippen MR) is 76.4 cm³/mol. The number of β-lactam (4-membered cyclic amide) rings is 1. The zero-order valence-electron chi connectivity index (χ0n) is 12.4. The molecule has 1 saturated heterocycles. The van der Waals surface area contributed by atoms with Crippen molar-refractivity contribution in [3.63, 3.8) is 0 Å². The van der Waals surface area contributed by atoms with Crippen LogP contribution in [-0.4, -0.2) is 59.5 Å². The van der Waals surface area contributed by atoms with Crippen molar-refractivity contribution in [3.8, 4) is 0 Å². The monoisotopic (exact) mass is 328 g/mol. The van der Waals surface area contributed by atoms with Crippen LogP contribution < -0.4 is 5.32 Å². The molecule has 9 heteroatoms. The van der Waals surface area contributed by atoms with Crippen molar-refractivity contribution >= 4 is 35.5 Å². The van der Waals surface area contributed by atoms with E-state index in [4.69, 9.17) is 9.47 Å². The van der Waals surface area contributed by atoms with Crippen molar-refractivity contribution in [2.75, 3.05) is 19.5 Å². The van der Waals surface area contributed by atoms with Crippen molar-refractivity contribution in [1.82, 2.24) is 10.2 Å². The molecule has 0 spiro atoms. The second kappa shape index (κ2) is 6.39. The first-order chi connectivity index (χ1) is 10.4. The van der Waals surface area contributed by atoms with Gasteiger partial charge in [-0.25, -0.2) is 4.79 Å². The first kappa shape index (κ1) is 16.3. The molecule has 0 aromatic heterocycles. The second-order valence-corrected chi connectivity index (χ2v) is 5.92. The number of ether oxygens (including phenoxy) is 2. The summed E-state index contributed by atoms with van der Waals surface area (Å²) in [5.74, 6) is -1.43. The van der Waals surface area contributed by atoms with E-state index in [2.05, 4.69) is 5.32 Å². The fraction of sp³-hybridized carbons (Fsp3) is 0.538. The Labute approximate surface area is 131 Å². The van der Waals surface area contributed by atoms with Crippen LogP contribution in [0.2, 0.25) is 0 Å². The highest BCUT2D eigenvalue weighted by Crippen LogP contribution is 2.40. The highest BCUT2D eigenvalue weighted by atomic mass is 32.2. The van der Waals surface area contributed by atoms with Crippen LogP contribution in [0.3, 0.4) is 0 Å². The summed E-state index contributed by atoms with van der Waals surface area (Å²) in [7, 11) is 1.21.